The molecule has 11 heteroatoms. The molecule has 156 valence electrons. The van der Waals surface area contributed by atoms with Gasteiger partial charge in [-0.05, 0) is 25.1 Å². The molecule has 0 saturated carbocycles. The SMILES string of the molecule is CC(=O)c1cc2ccc(OC(=O)COc3c(F)c(F)c(F)c(F)c3F)cc2oc1=O. The van der Waals surface area contributed by atoms with Crippen molar-refractivity contribution in [2.75, 3.05) is 6.61 Å². The van der Waals surface area contributed by atoms with E-state index in [1.165, 1.54) is 25.1 Å². The molecular weight excluding hydrogens is 419 g/mol. The van der Waals surface area contributed by atoms with Crippen LogP contribution in [0, 0.1) is 29.1 Å². The van der Waals surface area contributed by atoms with E-state index in [1.807, 2.05) is 0 Å². The van der Waals surface area contributed by atoms with Gasteiger partial charge in [-0.25, -0.2) is 22.8 Å². The number of hydrogen-bond acceptors (Lipinski definition) is 6. The van der Waals surface area contributed by atoms with Crippen LogP contribution >= 0.6 is 0 Å². The molecule has 1 aromatic heterocycles. The van der Waals surface area contributed by atoms with Gasteiger partial charge in [-0.15, -0.1) is 0 Å². The Kier molecular flexibility index (Phi) is 5.54. The molecule has 0 unspecified atom stereocenters. The van der Waals surface area contributed by atoms with E-state index in [9.17, 15) is 36.3 Å². The summed E-state index contributed by atoms with van der Waals surface area (Å²) in [6.07, 6.45) is 0. The van der Waals surface area contributed by atoms with E-state index in [0.29, 0.717) is 5.39 Å². The van der Waals surface area contributed by atoms with Gasteiger partial charge in [0, 0.05) is 11.5 Å². The van der Waals surface area contributed by atoms with E-state index in [2.05, 4.69) is 4.74 Å². The number of Topliss-reactive ketones (excluding diaryl/α,β-unsaturated/α-hetero) is 1. The molecule has 2 aromatic carbocycles. The van der Waals surface area contributed by atoms with E-state index in [1.54, 1.807) is 0 Å². The van der Waals surface area contributed by atoms with Gasteiger partial charge in [-0.1, -0.05) is 0 Å². The van der Waals surface area contributed by atoms with Crippen LogP contribution in [0.2, 0.25) is 0 Å². The van der Waals surface area contributed by atoms with E-state index >= 15 is 0 Å². The van der Waals surface area contributed by atoms with Crippen LogP contribution in [0.1, 0.15) is 17.3 Å². The van der Waals surface area contributed by atoms with Crippen molar-refractivity contribution in [1.29, 1.82) is 0 Å². The number of ether oxygens (including phenoxy) is 2. The number of benzene rings is 2. The molecule has 0 N–H and O–H groups in total. The van der Waals surface area contributed by atoms with Crippen molar-refractivity contribution in [2.24, 2.45) is 0 Å². The third kappa shape index (κ3) is 3.86. The highest BCUT2D eigenvalue weighted by Gasteiger charge is 2.27. The predicted octanol–water partition coefficient (Wildman–Crippen LogP) is 3.68. The lowest BCUT2D eigenvalue weighted by atomic mass is 10.1. The summed E-state index contributed by atoms with van der Waals surface area (Å²) < 4.78 is 80.4. The topological polar surface area (TPSA) is 82.8 Å². The number of rotatable bonds is 5. The highest BCUT2D eigenvalue weighted by atomic mass is 19.2. The molecule has 0 spiro atoms. The number of halogens is 5. The summed E-state index contributed by atoms with van der Waals surface area (Å²) in [5.41, 5.74) is -1.12. The van der Waals surface area contributed by atoms with Gasteiger partial charge in [-0.3, -0.25) is 4.79 Å². The van der Waals surface area contributed by atoms with Gasteiger partial charge in [0.2, 0.25) is 29.1 Å². The normalized spacial score (nSPS) is 10.9. The van der Waals surface area contributed by atoms with Gasteiger partial charge >= 0.3 is 11.6 Å². The lowest BCUT2D eigenvalue weighted by Crippen LogP contribution is -2.19. The second-order valence-corrected chi connectivity index (χ2v) is 5.87. The van der Waals surface area contributed by atoms with Crippen LogP contribution in [0.4, 0.5) is 22.0 Å². The molecule has 3 aromatic rings. The fourth-order valence-corrected chi connectivity index (χ4v) is 2.40. The average molecular weight is 428 g/mol. The third-order valence-electron chi connectivity index (χ3n) is 3.82. The first-order chi connectivity index (χ1) is 14.1. The summed E-state index contributed by atoms with van der Waals surface area (Å²) in [4.78, 5) is 34.9. The fourth-order valence-electron chi connectivity index (χ4n) is 2.40. The Labute approximate surface area is 163 Å². The Bertz CT molecular complexity index is 1220. The molecule has 0 atom stereocenters. The number of esters is 1. The second kappa shape index (κ2) is 7.93. The Morgan fingerprint density at radius 1 is 0.933 bits per heavy atom. The molecule has 1 heterocycles. The molecule has 0 aliphatic heterocycles. The zero-order chi connectivity index (χ0) is 22.2. The molecule has 0 amide bonds. The minimum Gasteiger partial charge on any atom is -0.476 e. The number of carbonyl (C=O) groups is 2. The molecule has 0 radical (unpaired) electrons. The fraction of sp³-hybridized carbons (Fsp3) is 0.105. The first-order valence-corrected chi connectivity index (χ1v) is 8.04. The van der Waals surface area contributed by atoms with E-state index in [4.69, 9.17) is 9.15 Å². The number of fused-ring (bicyclic) bond motifs is 1. The summed E-state index contributed by atoms with van der Waals surface area (Å²) in [5.74, 6) is -14.9. The highest BCUT2D eigenvalue weighted by Crippen LogP contribution is 2.29. The zero-order valence-electron chi connectivity index (χ0n) is 14.9. The standard InChI is InChI=1S/C19H9F5O6/c1-7(25)10-4-8-2-3-9(5-11(8)30-19(10)27)29-12(26)6-28-18-16(23)14(21)13(20)15(22)17(18)24/h2-5H,6H2,1H3. The van der Waals surface area contributed by atoms with Crippen LogP contribution in [0.25, 0.3) is 11.0 Å². The highest BCUT2D eigenvalue weighted by molar-refractivity contribution is 5.96. The predicted molar refractivity (Wildman–Crippen MR) is 89.9 cm³/mol. The zero-order valence-corrected chi connectivity index (χ0v) is 14.9. The van der Waals surface area contributed by atoms with Gasteiger partial charge in [0.25, 0.3) is 0 Å². The van der Waals surface area contributed by atoms with Crippen molar-refractivity contribution in [1.82, 2.24) is 0 Å². The second-order valence-electron chi connectivity index (χ2n) is 5.87. The summed E-state index contributed by atoms with van der Waals surface area (Å²) >= 11 is 0. The van der Waals surface area contributed by atoms with E-state index in [-0.39, 0.29) is 16.9 Å². The van der Waals surface area contributed by atoms with Crippen molar-refractivity contribution in [3.8, 4) is 11.5 Å². The summed E-state index contributed by atoms with van der Waals surface area (Å²) in [6, 6.07) is 5.01. The minimum absolute atomic E-state index is 0.0315. The van der Waals surface area contributed by atoms with Crippen molar-refractivity contribution in [3.05, 3.63) is 69.3 Å². The molecule has 0 aliphatic rings. The average Bonchev–Trinajstić information content (AvgIpc) is 2.70. The summed E-state index contributed by atoms with van der Waals surface area (Å²) in [5, 5.41) is 0.345. The third-order valence-corrected chi connectivity index (χ3v) is 3.82. The van der Waals surface area contributed by atoms with Crippen LogP contribution in [0.15, 0.2) is 33.5 Å². The number of carbonyl (C=O) groups excluding carboxylic acids is 2. The smallest absolute Gasteiger partial charge is 0.349 e. The van der Waals surface area contributed by atoms with Crippen molar-refractivity contribution < 1.29 is 45.4 Å². The number of hydrogen-bond donors (Lipinski definition) is 0. The Morgan fingerprint density at radius 2 is 1.53 bits per heavy atom. The minimum atomic E-state index is -2.37. The molecule has 0 aliphatic carbocycles. The maximum Gasteiger partial charge on any atom is 0.349 e. The van der Waals surface area contributed by atoms with E-state index in [0.717, 1.165) is 6.07 Å². The maximum atomic E-state index is 13.5. The van der Waals surface area contributed by atoms with Crippen LogP contribution in [0.5, 0.6) is 11.5 Å². The first kappa shape index (κ1) is 21.0. The Balaban J connectivity index is 1.77. The lowest BCUT2D eigenvalue weighted by Gasteiger charge is -2.10. The van der Waals surface area contributed by atoms with Gasteiger partial charge in [0.05, 0.1) is 0 Å². The van der Waals surface area contributed by atoms with Crippen molar-refractivity contribution >= 4 is 22.7 Å². The summed E-state index contributed by atoms with van der Waals surface area (Å²) in [6.45, 7) is -0.0115. The van der Waals surface area contributed by atoms with Crippen LogP contribution < -0.4 is 15.1 Å². The van der Waals surface area contributed by atoms with Crippen molar-refractivity contribution in [2.45, 2.75) is 6.92 Å². The Morgan fingerprint density at radius 3 is 2.13 bits per heavy atom. The first-order valence-electron chi connectivity index (χ1n) is 8.04. The van der Waals surface area contributed by atoms with E-state index < -0.39 is 58.8 Å². The maximum absolute atomic E-state index is 13.5. The monoisotopic (exact) mass is 428 g/mol. The molecule has 6 nitrogen and oxygen atoms in total. The molecule has 0 bridgehead atoms. The van der Waals surface area contributed by atoms with Gasteiger partial charge in [0.1, 0.15) is 16.9 Å². The van der Waals surface area contributed by atoms with Crippen LogP contribution in [0.3, 0.4) is 0 Å². The molecular formula is C19H9F5O6. The van der Waals surface area contributed by atoms with Gasteiger partial charge in [-0.2, -0.15) is 8.78 Å². The van der Waals surface area contributed by atoms with Gasteiger partial charge in [0.15, 0.2) is 18.1 Å². The number of ketones is 1. The van der Waals surface area contributed by atoms with Crippen LogP contribution in [-0.4, -0.2) is 18.4 Å². The Hall–Kier alpha value is -3.76. The molecule has 0 saturated heterocycles. The lowest BCUT2D eigenvalue weighted by molar-refractivity contribution is -0.136. The molecule has 30 heavy (non-hydrogen) atoms. The molecule has 0 fully saturated rings. The summed E-state index contributed by atoms with van der Waals surface area (Å²) in [7, 11) is 0. The molecule has 3 rings (SSSR count). The largest absolute Gasteiger partial charge is 0.476 e. The quantitative estimate of drug-likeness (QED) is 0.117. The van der Waals surface area contributed by atoms with Crippen LogP contribution in [-0.2, 0) is 4.79 Å². The van der Waals surface area contributed by atoms with Gasteiger partial charge < -0.3 is 13.9 Å². The van der Waals surface area contributed by atoms with Crippen molar-refractivity contribution in [3.63, 3.8) is 0 Å².